The number of anilines is 1. The van der Waals surface area contributed by atoms with Crippen LogP contribution < -0.4 is 19.7 Å². The van der Waals surface area contributed by atoms with Crippen LogP contribution in [-0.2, 0) is 4.74 Å². The second-order valence-corrected chi connectivity index (χ2v) is 5.81. The summed E-state index contributed by atoms with van der Waals surface area (Å²) in [6, 6.07) is 9.40. The number of morpholine rings is 1. The maximum absolute atomic E-state index is 12.2. The van der Waals surface area contributed by atoms with Crippen molar-refractivity contribution in [1.82, 2.24) is 10.3 Å². The summed E-state index contributed by atoms with van der Waals surface area (Å²) in [5.74, 6) is 1.98. The first kappa shape index (κ1) is 15.7. The molecule has 1 aromatic heterocycles. The normalized spacial score (nSPS) is 16.0. The second kappa shape index (κ2) is 6.60. The molecule has 0 radical (unpaired) electrons. The number of hydrogen-bond acceptors (Lipinski definition) is 6. The Morgan fingerprint density at radius 2 is 1.92 bits per heavy atom. The van der Waals surface area contributed by atoms with Gasteiger partial charge in [0, 0.05) is 25.7 Å². The molecular weight excluding hydrogens is 322 g/mol. The number of fused-ring (bicyclic) bond motifs is 1. The molecule has 1 saturated heterocycles. The van der Waals surface area contributed by atoms with Crippen molar-refractivity contribution in [2.24, 2.45) is 0 Å². The Bertz CT molecular complexity index is 803. The van der Waals surface area contributed by atoms with Gasteiger partial charge < -0.3 is 24.4 Å². The maximum Gasteiger partial charge on any atom is 0.254 e. The number of ether oxygens (including phenoxy) is 3. The molecule has 7 nitrogen and oxygen atoms in total. The largest absolute Gasteiger partial charge is 0.454 e. The van der Waals surface area contributed by atoms with Crippen LogP contribution in [0.4, 0.5) is 5.82 Å². The maximum atomic E-state index is 12.2. The van der Waals surface area contributed by atoms with E-state index in [-0.39, 0.29) is 12.7 Å². The number of amides is 1. The smallest absolute Gasteiger partial charge is 0.254 e. The lowest BCUT2D eigenvalue weighted by atomic mass is 10.1. The molecule has 2 aromatic rings. The van der Waals surface area contributed by atoms with Crippen molar-refractivity contribution >= 4 is 11.7 Å². The zero-order chi connectivity index (χ0) is 17.2. The molecule has 3 heterocycles. The molecule has 1 N–H and O–H groups in total. The lowest BCUT2D eigenvalue weighted by Gasteiger charge is -2.29. The van der Waals surface area contributed by atoms with Gasteiger partial charge >= 0.3 is 0 Å². The van der Waals surface area contributed by atoms with Crippen LogP contribution in [0.2, 0.25) is 0 Å². The van der Waals surface area contributed by atoms with E-state index in [9.17, 15) is 4.79 Å². The number of pyridine rings is 1. The summed E-state index contributed by atoms with van der Waals surface area (Å²) in [5, 5.41) is 2.68. The minimum atomic E-state index is -0.147. The van der Waals surface area contributed by atoms with Crippen molar-refractivity contribution in [2.75, 3.05) is 45.0 Å². The van der Waals surface area contributed by atoms with Crippen LogP contribution in [-0.4, -0.2) is 51.0 Å². The lowest BCUT2D eigenvalue weighted by molar-refractivity contribution is 0.0961. The third-order valence-corrected chi connectivity index (χ3v) is 4.33. The molecule has 4 rings (SSSR count). The van der Waals surface area contributed by atoms with Crippen molar-refractivity contribution in [2.45, 2.75) is 0 Å². The first-order valence-corrected chi connectivity index (χ1v) is 8.22. The molecule has 0 spiro atoms. The monoisotopic (exact) mass is 341 g/mol. The quantitative estimate of drug-likeness (QED) is 0.916. The average Bonchev–Trinajstić information content (AvgIpc) is 3.15. The molecule has 0 aliphatic carbocycles. The Morgan fingerprint density at radius 1 is 1.12 bits per heavy atom. The number of benzene rings is 1. The predicted molar refractivity (Wildman–Crippen MR) is 92.2 cm³/mol. The molecule has 25 heavy (non-hydrogen) atoms. The van der Waals surface area contributed by atoms with Crippen molar-refractivity contribution in [3.05, 3.63) is 35.9 Å². The highest BCUT2D eigenvalue weighted by Crippen LogP contribution is 2.36. The third-order valence-electron chi connectivity index (χ3n) is 4.33. The SMILES string of the molecule is CNC(=O)c1ccc(-c2ccc3c(c2)OCO3)nc1N1CCOCC1. The lowest BCUT2D eigenvalue weighted by Crippen LogP contribution is -2.38. The van der Waals surface area contributed by atoms with Crippen molar-refractivity contribution in [3.63, 3.8) is 0 Å². The summed E-state index contributed by atoms with van der Waals surface area (Å²) >= 11 is 0. The van der Waals surface area contributed by atoms with Crippen LogP contribution >= 0.6 is 0 Å². The molecule has 0 atom stereocenters. The molecule has 0 unspecified atom stereocenters. The summed E-state index contributed by atoms with van der Waals surface area (Å²) in [4.78, 5) is 19.1. The Labute approximate surface area is 145 Å². The zero-order valence-corrected chi connectivity index (χ0v) is 13.9. The van der Waals surface area contributed by atoms with Gasteiger partial charge in [0.05, 0.1) is 24.5 Å². The summed E-state index contributed by atoms with van der Waals surface area (Å²) in [6.45, 7) is 2.91. The van der Waals surface area contributed by atoms with Gasteiger partial charge in [-0.2, -0.15) is 0 Å². The van der Waals surface area contributed by atoms with Gasteiger partial charge in [0.25, 0.3) is 5.91 Å². The first-order chi connectivity index (χ1) is 12.3. The molecule has 1 amide bonds. The number of nitrogens with one attached hydrogen (secondary N) is 1. The van der Waals surface area contributed by atoms with E-state index in [0.29, 0.717) is 43.4 Å². The average molecular weight is 341 g/mol. The standard InChI is InChI=1S/C18H19N3O4/c1-19-18(22)13-3-4-14(20-17(13)21-6-8-23-9-7-21)12-2-5-15-16(10-12)25-11-24-15/h2-5,10H,6-9,11H2,1H3,(H,19,22). The van der Waals surface area contributed by atoms with Gasteiger partial charge in [0.15, 0.2) is 11.5 Å². The fourth-order valence-electron chi connectivity index (χ4n) is 2.99. The van der Waals surface area contributed by atoms with E-state index >= 15 is 0 Å². The molecule has 7 heteroatoms. The van der Waals surface area contributed by atoms with E-state index in [2.05, 4.69) is 10.2 Å². The van der Waals surface area contributed by atoms with Crippen LogP contribution in [0.3, 0.4) is 0 Å². The van der Waals surface area contributed by atoms with Crippen LogP contribution in [0.15, 0.2) is 30.3 Å². The van der Waals surface area contributed by atoms with Gasteiger partial charge in [-0.3, -0.25) is 4.79 Å². The molecule has 1 fully saturated rings. The van der Waals surface area contributed by atoms with Crippen LogP contribution in [0.5, 0.6) is 11.5 Å². The second-order valence-electron chi connectivity index (χ2n) is 5.81. The van der Waals surface area contributed by atoms with E-state index in [0.717, 1.165) is 17.0 Å². The van der Waals surface area contributed by atoms with E-state index in [1.807, 2.05) is 30.3 Å². The first-order valence-electron chi connectivity index (χ1n) is 8.22. The highest BCUT2D eigenvalue weighted by molar-refractivity contribution is 5.99. The van der Waals surface area contributed by atoms with Crippen LogP contribution in [0, 0.1) is 0 Å². The summed E-state index contributed by atoms with van der Waals surface area (Å²) < 4.78 is 16.2. The number of carbonyl (C=O) groups is 1. The molecule has 0 bridgehead atoms. The van der Waals surface area contributed by atoms with Crippen molar-refractivity contribution in [1.29, 1.82) is 0 Å². The van der Waals surface area contributed by atoms with Gasteiger partial charge in [-0.15, -0.1) is 0 Å². The Morgan fingerprint density at radius 3 is 2.72 bits per heavy atom. The minimum absolute atomic E-state index is 0.147. The van der Waals surface area contributed by atoms with Crippen LogP contribution in [0.25, 0.3) is 11.3 Å². The number of carbonyl (C=O) groups excluding carboxylic acids is 1. The Balaban J connectivity index is 1.75. The number of hydrogen-bond donors (Lipinski definition) is 1. The summed E-state index contributed by atoms with van der Waals surface area (Å²) in [5.41, 5.74) is 2.27. The molecule has 2 aliphatic heterocycles. The third kappa shape index (κ3) is 2.98. The van der Waals surface area contributed by atoms with Crippen molar-refractivity contribution < 1.29 is 19.0 Å². The van der Waals surface area contributed by atoms with Gasteiger partial charge in [-0.1, -0.05) is 0 Å². The summed E-state index contributed by atoms with van der Waals surface area (Å²) in [7, 11) is 1.62. The Hall–Kier alpha value is -2.80. The molecule has 0 saturated carbocycles. The molecular formula is C18H19N3O4. The minimum Gasteiger partial charge on any atom is -0.454 e. The zero-order valence-electron chi connectivity index (χ0n) is 13.9. The van der Waals surface area contributed by atoms with Gasteiger partial charge in [0.2, 0.25) is 6.79 Å². The molecule has 130 valence electrons. The number of aromatic nitrogens is 1. The van der Waals surface area contributed by atoms with Crippen molar-refractivity contribution in [3.8, 4) is 22.8 Å². The number of nitrogens with zero attached hydrogens (tertiary/aromatic N) is 2. The van der Waals surface area contributed by atoms with E-state index in [1.54, 1.807) is 7.05 Å². The van der Waals surface area contributed by atoms with Gasteiger partial charge in [-0.05, 0) is 30.3 Å². The topological polar surface area (TPSA) is 72.9 Å². The number of rotatable bonds is 3. The van der Waals surface area contributed by atoms with Gasteiger partial charge in [-0.25, -0.2) is 4.98 Å². The molecule has 2 aliphatic rings. The fourth-order valence-corrected chi connectivity index (χ4v) is 2.99. The fraction of sp³-hybridized carbons (Fsp3) is 0.333. The highest BCUT2D eigenvalue weighted by atomic mass is 16.7. The van der Waals surface area contributed by atoms with E-state index in [4.69, 9.17) is 19.2 Å². The van der Waals surface area contributed by atoms with E-state index in [1.165, 1.54) is 0 Å². The predicted octanol–water partition coefficient (Wildman–Crippen LogP) is 1.67. The Kier molecular flexibility index (Phi) is 4.15. The molecule has 1 aromatic carbocycles. The highest BCUT2D eigenvalue weighted by Gasteiger charge is 2.21. The van der Waals surface area contributed by atoms with Gasteiger partial charge in [0.1, 0.15) is 5.82 Å². The van der Waals surface area contributed by atoms with Crippen LogP contribution in [0.1, 0.15) is 10.4 Å². The van der Waals surface area contributed by atoms with E-state index < -0.39 is 0 Å². The summed E-state index contributed by atoms with van der Waals surface area (Å²) in [6.07, 6.45) is 0.